The summed E-state index contributed by atoms with van der Waals surface area (Å²) in [5.41, 5.74) is 0.654. The summed E-state index contributed by atoms with van der Waals surface area (Å²) in [6.45, 7) is 2.38. The van der Waals surface area contributed by atoms with Gasteiger partial charge in [0, 0.05) is 17.8 Å². The van der Waals surface area contributed by atoms with E-state index in [2.05, 4.69) is 5.32 Å². The second-order valence-corrected chi connectivity index (χ2v) is 9.22. The van der Waals surface area contributed by atoms with E-state index in [0.29, 0.717) is 29.5 Å². The molecule has 2 saturated heterocycles. The molecule has 0 aromatic heterocycles. The monoisotopic (exact) mass is 494 g/mol. The Balaban J connectivity index is 1.39. The van der Waals surface area contributed by atoms with Crippen molar-refractivity contribution in [3.8, 4) is 23.0 Å². The molecule has 1 spiro atoms. The van der Waals surface area contributed by atoms with E-state index in [0.717, 1.165) is 11.3 Å². The van der Waals surface area contributed by atoms with Gasteiger partial charge in [0.2, 0.25) is 17.6 Å². The van der Waals surface area contributed by atoms with Gasteiger partial charge < -0.3 is 33.9 Å². The Hall–Kier alpha value is -3.72. The summed E-state index contributed by atoms with van der Waals surface area (Å²) in [6, 6.07) is 10.8. The van der Waals surface area contributed by atoms with Crippen LogP contribution in [0.5, 0.6) is 23.0 Å². The molecule has 36 heavy (non-hydrogen) atoms. The van der Waals surface area contributed by atoms with Crippen molar-refractivity contribution in [2.45, 2.75) is 24.7 Å². The smallest absolute Gasteiger partial charge is 0.231 e. The van der Waals surface area contributed by atoms with Gasteiger partial charge in [0.25, 0.3) is 0 Å². The average Bonchev–Trinajstić information content (AvgIpc) is 3.55. The molecular formula is C27H30N2O7. The number of fused-ring (bicyclic) bond motifs is 1. The third kappa shape index (κ3) is 3.65. The highest BCUT2D eigenvalue weighted by Crippen LogP contribution is 2.53. The Labute approximate surface area is 209 Å². The number of benzene rings is 2. The van der Waals surface area contributed by atoms with E-state index in [1.807, 2.05) is 43.3 Å². The van der Waals surface area contributed by atoms with Crippen LogP contribution in [0.25, 0.3) is 0 Å². The first-order valence-corrected chi connectivity index (χ1v) is 11.8. The van der Waals surface area contributed by atoms with Gasteiger partial charge in [-0.25, -0.2) is 0 Å². The number of hydrogen-bond donors (Lipinski definition) is 1. The standard InChI is InChI=1S/C27H30N2O7/c1-15(16-6-8-18(32-2)9-7-16)29-14-27-11-10-19(36-27)22(23(27)26(29)31)25(30)28-17-12-20(33-3)24(35-5)21(13-17)34-4/h6-13,15,19,22-23H,14H2,1-5H3,(H,28,30)/t15-,19+,22+,23-,27+/m0/s1. The van der Waals surface area contributed by atoms with Gasteiger partial charge in [0.05, 0.1) is 59.0 Å². The van der Waals surface area contributed by atoms with E-state index in [1.165, 1.54) is 21.3 Å². The summed E-state index contributed by atoms with van der Waals surface area (Å²) < 4.78 is 27.7. The van der Waals surface area contributed by atoms with E-state index >= 15 is 0 Å². The number of ether oxygens (including phenoxy) is 5. The average molecular weight is 495 g/mol. The van der Waals surface area contributed by atoms with Gasteiger partial charge in [-0.05, 0) is 24.6 Å². The molecule has 3 heterocycles. The Kier molecular flexibility index (Phi) is 6.04. The summed E-state index contributed by atoms with van der Waals surface area (Å²) in [6.07, 6.45) is 3.38. The van der Waals surface area contributed by atoms with Crippen molar-refractivity contribution in [1.29, 1.82) is 0 Å². The van der Waals surface area contributed by atoms with Crippen molar-refractivity contribution in [2.24, 2.45) is 11.8 Å². The summed E-state index contributed by atoms with van der Waals surface area (Å²) >= 11 is 0. The third-order valence-electron chi connectivity index (χ3n) is 7.43. The SMILES string of the molecule is COc1ccc([C@H](C)N2C[C@@]34C=C[C@@H](O3)[C@@H](C(=O)Nc3cc(OC)c(OC)c(OC)c3)[C@H]4C2=O)cc1. The van der Waals surface area contributed by atoms with Crippen molar-refractivity contribution < 1.29 is 33.3 Å². The predicted molar refractivity (Wildman–Crippen MR) is 132 cm³/mol. The van der Waals surface area contributed by atoms with Crippen molar-refractivity contribution in [2.75, 3.05) is 40.3 Å². The molecule has 0 saturated carbocycles. The van der Waals surface area contributed by atoms with Crippen molar-refractivity contribution in [3.63, 3.8) is 0 Å². The highest BCUT2D eigenvalue weighted by molar-refractivity contribution is 5.99. The van der Waals surface area contributed by atoms with Crippen LogP contribution in [-0.4, -0.2) is 63.4 Å². The number of carbonyl (C=O) groups is 2. The Morgan fingerprint density at radius 3 is 2.31 bits per heavy atom. The molecule has 1 N–H and O–H groups in total. The number of amides is 2. The highest BCUT2D eigenvalue weighted by Gasteiger charge is 2.67. The number of nitrogens with one attached hydrogen (secondary N) is 1. The minimum Gasteiger partial charge on any atom is -0.497 e. The first-order valence-electron chi connectivity index (χ1n) is 11.8. The molecule has 2 bridgehead atoms. The topological polar surface area (TPSA) is 95.6 Å². The first kappa shape index (κ1) is 24.0. The lowest BCUT2D eigenvalue weighted by Gasteiger charge is -2.28. The van der Waals surface area contributed by atoms with Gasteiger partial charge in [-0.15, -0.1) is 0 Å². The van der Waals surface area contributed by atoms with Crippen LogP contribution in [0.15, 0.2) is 48.6 Å². The number of nitrogens with zero attached hydrogens (tertiary/aromatic N) is 1. The molecule has 2 fully saturated rings. The summed E-state index contributed by atoms with van der Waals surface area (Å²) in [5, 5.41) is 2.93. The quantitative estimate of drug-likeness (QED) is 0.563. The Bertz CT molecular complexity index is 1190. The predicted octanol–water partition coefficient (Wildman–Crippen LogP) is 3.20. The first-order chi connectivity index (χ1) is 17.4. The molecule has 0 unspecified atom stereocenters. The van der Waals surface area contributed by atoms with Crippen molar-refractivity contribution in [1.82, 2.24) is 4.90 Å². The minimum atomic E-state index is -0.806. The van der Waals surface area contributed by atoms with Crippen LogP contribution >= 0.6 is 0 Å². The number of anilines is 1. The second kappa shape index (κ2) is 9.05. The third-order valence-corrected chi connectivity index (χ3v) is 7.43. The van der Waals surface area contributed by atoms with Crippen LogP contribution in [-0.2, 0) is 14.3 Å². The molecule has 0 aliphatic carbocycles. The van der Waals surface area contributed by atoms with E-state index in [1.54, 1.807) is 24.1 Å². The van der Waals surface area contributed by atoms with Crippen molar-refractivity contribution >= 4 is 17.5 Å². The van der Waals surface area contributed by atoms with Gasteiger partial charge in [-0.2, -0.15) is 0 Å². The maximum absolute atomic E-state index is 13.7. The van der Waals surface area contributed by atoms with Gasteiger partial charge >= 0.3 is 0 Å². The van der Waals surface area contributed by atoms with Crippen LogP contribution < -0.4 is 24.3 Å². The molecular weight excluding hydrogens is 464 g/mol. The summed E-state index contributed by atoms with van der Waals surface area (Å²) in [5.74, 6) is 0.381. The molecule has 5 rings (SSSR count). The minimum absolute atomic E-state index is 0.0878. The fourth-order valence-corrected chi connectivity index (χ4v) is 5.60. The van der Waals surface area contributed by atoms with Gasteiger partial charge in [-0.1, -0.05) is 24.3 Å². The highest BCUT2D eigenvalue weighted by atomic mass is 16.5. The Morgan fingerprint density at radius 2 is 1.72 bits per heavy atom. The number of hydrogen-bond acceptors (Lipinski definition) is 7. The van der Waals surface area contributed by atoms with Crippen molar-refractivity contribution in [3.05, 3.63) is 54.1 Å². The van der Waals surface area contributed by atoms with Gasteiger partial charge in [-0.3, -0.25) is 9.59 Å². The number of rotatable bonds is 8. The lowest BCUT2D eigenvalue weighted by Crippen LogP contribution is -2.41. The summed E-state index contributed by atoms with van der Waals surface area (Å²) in [4.78, 5) is 29.1. The van der Waals surface area contributed by atoms with E-state index in [4.69, 9.17) is 23.7 Å². The van der Waals surface area contributed by atoms with E-state index in [-0.39, 0.29) is 17.9 Å². The zero-order valence-electron chi connectivity index (χ0n) is 20.9. The van der Waals surface area contributed by atoms with Gasteiger partial charge in [0.15, 0.2) is 11.5 Å². The Morgan fingerprint density at radius 1 is 1.06 bits per heavy atom. The molecule has 5 atom stereocenters. The largest absolute Gasteiger partial charge is 0.497 e. The maximum Gasteiger partial charge on any atom is 0.231 e. The zero-order chi connectivity index (χ0) is 25.6. The molecule has 0 radical (unpaired) electrons. The fourth-order valence-electron chi connectivity index (χ4n) is 5.60. The molecule has 9 heteroatoms. The molecule has 2 amide bonds. The molecule has 3 aliphatic rings. The zero-order valence-corrected chi connectivity index (χ0v) is 20.9. The second-order valence-electron chi connectivity index (χ2n) is 9.22. The lowest BCUT2D eigenvalue weighted by atomic mass is 9.76. The number of methoxy groups -OCH3 is 4. The van der Waals surface area contributed by atoms with Crippen LogP contribution in [0.3, 0.4) is 0 Å². The van der Waals surface area contributed by atoms with E-state index in [9.17, 15) is 9.59 Å². The normalized spacial score (nSPS) is 26.5. The van der Waals surface area contributed by atoms with Crippen LogP contribution in [0.2, 0.25) is 0 Å². The maximum atomic E-state index is 13.7. The molecule has 2 aromatic rings. The van der Waals surface area contributed by atoms with E-state index < -0.39 is 23.5 Å². The number of carbonyl (C=O) groups excluding carboxylic acids is 2. The molecule has 9 nitrogen and oxygen atoms in total. The molecule has 2 aromatic carbocycles. The van der Waals surface area contributed by atoms with Crippen LogP contribution in [0.1, 0.15) is 18.5 Å². The van der Waals surface area contributed by atoms with Gasteiger partial charge in [0.1, 0.15) is 11.4 Å². The van der Waals surface area contributed by atoms with Crippen LogP contribution in [0.4, 0.5) is 5.69 Å². The fraction of sp³-hybridized carbons (Fsp3) is 0.407. The number of likely N-dealkylation sites (tertiary alicyclic amines) is 1. The van der Waals surface area contributed by atoms with Crippen LogP contribution in [0, 0.1) is 11.8 Å². The molecule has 190 valence electrons. The lowest BCUT2D eigenvalue weighted by molar-refractivity contribution is -0.137. The molecule has 3 aliphatic heterocycles. The summed E-state index contributed by atoms with van der Waals surface area (Å²) in [7, 11) is 6.15.